The molecule has 1 heterocycles. The van der Waals surface area contributed by atoms with E-state index in [1.807, 2.05) is 66.7 Å². The number of halogens is 2. The number of ether oxygens (including phenoxy) is 1. The molecule has 0 spiro atoms. The molecule has 0 aliphatic heterocycles. The van der Waals surface area contributed by atoms with Crippen molar-refractivity contribution in [2.45, 2.75) is 6.61 Å². The Hall–Kier alpha value is -3.59. The third-order valence-electron chi connectivity index (χ3n) is 3.51. The summed E-state index contributed by atoms with van der Waals surface area (Å²) in [5.74, 6) is -0.0479. The smallest absolute Gasteiger partial charge is 0.387 e. The summed E-state index contributed by atoms with van der Waals surface area (Å²) in [5.41, 5.74) is 2.34. The molecule has 0 fully saturated rings. The number of nitriles is 1. The highest BCUT2D eigenvalue weighted by atomic mass is 19.3. The van der Waals surface area contributed by atoms with Gasteiger partial charge in [0.2, 0.25) is 0 Å². The van der Waals surface area contributed by atoms with Crippen molar-refractivity contribution in [1.82, 2.24) is 4.98 Å². The number of benzene rings is 2. The van der Waals surface area contributed by atoms with Crippen LogP contribution < -0.4 is 4.74 Å². The molecule has 0 saturated heterocycles. The van der Waals surface area contributed by atoms with Crippen molar-refractivity contribution in [3.63, 3.8) is 0 Å². The van der Waals surface area contributed by atoms with Crippen LogP contribution in [0.15, 0.2) is 77.9 Å². The zero-order chi connectivity index (χ0) is 18.4. The summed E-state index contributed by atoms with van der Waals surface area (Å²) in [6.45, 7) is -3.03. The number of rotatable bonds is 5. The molecule has 0 radical (unpaired) electrons. The van der Waals surface area contributed by atoms with Gasteiger partial charge in [-0.2, -0.15) is 14.0 Å². The van der Waals surface area contributed by atoms with Crippen LogP contribution in [-0.2, 0) is 0 Å². The Morgan fingerprint density at radius 2 is 1.58 bits per heavy atom. The van der Waals surface area contributed by atoms with Crippen LogP contribution in [0.2, 0.25) is 0 Å². The standard InChI is InChI=1S/C20H13F2N3O/c21-20(22)26-17-13-24-18(11-16(17)12-23)25-19(14-7-3-1-4-8-14)15-9-5-2-6-10-15/h1-11,13,20H. The molecule has 2 aromatic carbocycles. The molecule has 4 nitrogen and oxygen atoms in total. The molecular formula is C20H13F2N3O. The van der Waals surface area contributed by atoms with Crippen LogP contribution in [-0.4, -0.2) is 17.3 Å². The number of nitrogens with zero attached hydrogens (tertiary/aromatic N) is 3. The number of alkyl halides is 2. The van der Waals surface area contributed by atoms with Gasteiger partial charge in [0.15, 0.2) is 11.6 Å². The topological polar surface area (TPSA) is 58.3 Å². The Kier molecular flexibility index (Phi) is 5.30. The molecule has 0 amide bonds. The molecule has 6 heteroatoms. The minimum Gasteiger partial charge on any atom is -0.432 e. The Morgan fingerprint density at radius 1 is 1.00 bits per heavy atom. The minimum absolute atomic E-state index is 0.0560. The van der Waals surface area contributed by atoms with Crippen LogP contribution in [0.3, 0.4) is 0 Å². The van der Waals surface area contributed by atoms with Crippen LogP contribution >= 0.6 is 0 Å². The van der Waals surface area contributed by atoms with Crippen molar-refractivity contribution in [2.75, 3.05) is 0 Å². The molecule has 0 aliphatic carbocycles. The third kappa shape index (κ3) is 4.08. The number of hydrogen-bond acceptors (Lipinski definition) is 4. The van der Waals surface area contributed by atoms with Crippen molar-refractivity contribution < 1.29 is 13.5 Å². The van der Waals surface area contributed by atoms with Gasteiger partial charge in [-0.1, -0.05) is 60.7 Å². The molecule has 0 N–H and O–H groups in total. The first kappa shape index (κ1) is 17.2. The van der Waals surface area contributed by atoms with Crippen molar-refractivity contribution >= 4 is 11.5 Å². The summed E-state index contributed by atoms with van der Waals surface area (Å²) in [6.07, 6.45) is 1.08. The summed E-state index contributed by atoms with van der Waals surface area (Å²) in [6, 6.07) is 22.1. The maximum absolute atomic E-state index is 12.4. The van der Waals surface area contributed by atoms with E-state index in [0.29, 0.717) is 5.71 Å². The predicted molar refractivity (Wildman–Crippen MR) is 93.8 cm³/mol. The Bertz CT molecular complexity index is 910. The molecule has 0 atom stereocenters. The van der Waals surface area contributed by atoms with Crippen LogP contribution in [0, 0.1) is 11.3 Å². The van der Waals surface area contributed by atoms with Crippen LogP contribution in [0.25, 0.3) is 0 Å². The van der Waals surface area contributed by atoms with E-state index in [1.165, 1.54) is 6.07 Å². The van der Waals surface area contributed by atoms with Gasteiger partial charge in [0.1, 0.15) is 6.07 Å². The van der Waals surface area contributed by atoms with Crippen LogP contribution in [0.1, 0.15) is 16.7 Å². The average molecular weight is 349 g/mol. The van der Waals surface area contributed by atoms with Gasteiger partial charge in [-0.15, -0.1) is 0 Å². The highest BCUT2D eigenvalue weighted by Gasteiger charge is 2.12. The van der Waals surface area contributed by atoms with Gasteiger partial charge in [-0.25, -0.2) is 9.98 Å². The molecule has 3 aromatic rings. The second kappa shape index (κ2) is 7.99. The van der Waals surface area contributed by atoms with E-state index in [9.17, 15) is 14.0 Å². The lowest BCUT2D eigenvalue weighted by atomic mass is 10.0. The summed E-state index contributed by atoms with van der Waals surface area (Å²) >= 11 is 0. The predicted octanol–water partition coefficient (Wildman–Crippen LogP) is 4.72. The monoisotopic (exact) mass is 349 g/mol. The van der Waals surface area contributed by atoms with E-state index in [1.54, 1.807) is 0 Å². The summed E-state index contributed by atoms with van der Waals surface area (Å²) in [7, 11) is 0. The zero-order valence-corrected chi connectivity index (χ0v) is 13.5. The first-order chi connectivity index (χ1) is 12.7. The molecule has 128 valence electrons. The summed E-state index contributed by atoms with van der Waals surface area (Å²) in [5, 5.41) is 9.17. The number of aliphatic imine (C=N–C) groups is 1. The Morgan fingerprint density at radius 3 is 2.08 bits per heavy atom. The maximum atomic E-state index is 12.4. The molecule has 0 saturated carbocycles. The maximum Gasteiger partial charge on any atom is 0.387 e. The van der Waals surface area contributed by atoms with E-state index in [2.05, 4.69) is 14.7 Å². The fraction of sp³-hybridized carbons (Fsp3) is 0.0500. The normalized spacial score (nSPS) is 10.2. The van der Waals surface area contributed by atoms with Crippen molar-refractivity contribution in [3.05, 3.63) is 89.6 Å². The van der Waals surface area contributed by atoms with E-state index in [-0.39, 0.29) is 17.1 Å². The third-order valence-corrected chi connectivity index (χ3v) is 3.51. The van der Waals surface area contributed by atoms with Crippen molar-refractivity contribution in [2.24, 2.45) is 4.99 Å². The molecule has 0 unspecified atom stereocenters. The Labute approximate surface area is 149 Å². The molecule has 3 rings (SSSR count). The van der Waals surface area contributed by atoms with Gasteiger partial charge < -0.3 is 4.74 Å². The average Bonchev–Trinajstić information content (AvgIpc) is 2.68. The van der Waals surface area contributed by atoms with Gasteiger partial charge >= 0.3 is 6.61 Å². The van der Waals surface area contributed by atoms with E-state index in [0.717, 1.165) is 17.3 Å². The summed E-state index contributed by atoms with van der Waals surface area (Å²) in [4.78, 5) is 8.57. The van der Waals surface area contributed by atoms with Crippen molar-refractivity contribution in [1.29, 1.82) is 5.26 Å². The second-order valence-electron chi connectivity index (χ2n) is 5.22. The summed E-state index contributed by atoms with van der Waals surface area (Å²) < 4.78 is 29.1. The Balaban J connectivity index is 2.08. The largest absolute Gasteiger partial charge is 0.432 e. The van der Waals surface area contributed by atoms with Gasteiger partial charge in [0.25, 0.3) is 0 Å². The minimum atomic E-state index is -3.03. The van der Waals surface area contributed by atoms with Gasteiger partial charge in [-0.05, 0) is 0 Å². The number of hydrogen-bond donors (Lipinski definition) is 0. The van der Waals surface area contributed by atoms with Crippen molar-refractivity contribution in [3.8, 4) is 11.8 Å². The lowest BCUT2D eigenvalue weighted by molar-refractivity contribution is -0.0502. The molecule has 0 bridgehead atoms. The van der Waals surface area contributed by atoms with Gasteiger partial charge in [0.05, 0.1) is 17.5 Å². The SMILES string of the molecule is N#Cc1cc(N=C(c2ccccc2)c2ccccc2)ncc1OC(F)F. The first-order valence-electron chi connectivity index (χ1n) is 7.72. The fourth-order valence-electron chi connectivity index (χ4n) is 2.37. The fourth-order valence-corrected chi connectivity index (χ4v) is 2.37. The van der Waals surface area contributed by atoms with E-state index < -0.39 is 6.61 Å². The van der Waals surface area contributed by atoms with Crippen LogP contribution in [0.5, 0.6) is 5.75 Å². The van der Waals surface area contributed by atoms with E-state index in [4.69, 9.17) is 0 Å². The molecule has 26 heavy (non-hydrogen) atoms. The quantitative estimate of drug-likeness (QED) is 0.626. The van der Waals surface area contributed by atoms with E-state index >= 15 is 0 Å². The van der Waals surface area contributed by atoms with Gasteiger partial charge in [-0.3, -0.25) is 0 Å². The van der Waals surface area contributed by atoms with Crippen LogP contribution in [0.4, 0.5) is 14.6 Å². The molecule has 0 aliphatic rings. The highest BCUT2D eigenvalue weighted by Crippen LogP contribution is 2.24. The van der Waals surface area contributed by atoms with Gasteiger partial charge in [0, 0.05) is 17.2 Å². The number of pyridine rings is 1. The zero-order valence-electron chi connectivity index (χ0n) is 13.5. The highest BCUT2D eigenvalue weighted by molar-refractivity contribution is 6.13. The lowest BCUT2D eigenvalue weighted by Gasteiger charge is -2.09. The first-order valence-corrected chi connectivity index (χ1v) is 7.72. The number of aromatic nitrogens is 1. The second-order valence-corrected chi connectivity index (χ2v) is 5.22. The lowest BCUT2D eigenvalue weighted by Crippen LogP contribution is -2.05. The molecule has 1 aromatic heterocycles. The molecular weight excluding hydrogens is 336 g/mol.